The molecule has 0 amide bonds. The number of benzene rings is 2. The van der Waals surface area contributed by atoms with Crippen LogP contribution in [0.4, 0.5) is 10.1 Å². The predicted octanol–water partition coefficient (Wildman–Crippen LogP) is 6.23. The SMILES string of the molecule is C#C.Nc1ccc(-c2cncc(CN3CCCCC3)c2)cc1Cc1nc2nccc(-c3cccc(F)c3)c2[nH]1. The quantitative estimate of drug-likeness (QED) is 0.206. The van der Waals surface area contributed by atoms with Crippen molar-refractivity contribution in [2.45, 2.75) is 32.2 Å². The average Bonchev–Trinajstić information content (AvgIpc) is 3.39. The minimum absolute atomic E-state index is 0.277. The molecule has 1 aliphatic heterocycles. The molecule has 6 nitrogen and oxygen atoms in total. The zero-order chi connectivity index (χ0) is 27.2. The van der Waals surface area contributed by atoms with Gasteiger partial charge in [-0.05, 0) is 84.6 Å². The summed E-state index contributed by atoms with van der Waals surface area (Å²) in [4.78, 5) is 19.6. The summed E-state index contributed by atoms with van der Waals surface area (Å²) in [7, 11) is 0. The van der Waals surface area contributed by atoms with Crippen molar-refractivity contribution in [1.82, 2.24) is 24.8 Å². The first-order valence-corrected chi connectivity index (χ1v) is 13.1. The topological polar surface area (TPSA) is 83.7 Å². The molecular weight excluding hydrogens is 487 g/mol. The van der Waals surface area contributed by atoms with E-state index in [1.807, 2.05) is 36.7 Å². The van der Waals surface area contributed by atoms with Crippen molar-refractivity contribution in [2.75, 3.05) is 18.8 Å². The molecule has 39 heavy (non-hydrogen) atoms. The number of aromatic amines is 1. The number of nitrogens with zero attached hydrogens (tertiary/aromatic N) is 4. The minimum Gasteiger partial charge on any atom is -0.398 e. The number of H-pyrrole nitrogens is 1. The number of nitrogens with two attached hydrogens (primary N) is 1. The Kier molecular flexibility index (Phi) is 7.95. The van der Waals surface area contributed by atoms with Crippen molar-refractivity contribution < 1.29 is 4.39 Å². The number of rotatable bonds is 6. The molecule has 0 aliphatic carbocycles. The van der Waals surface area contributed by atoms with Crippen molar-refractivity contribution in [3.8, 4) is 35.1 Å². The average molecular weight is 519 g/mol. The van der Waals surface area contributed by atoms with Gasteiger partial charge in [-0.1, -0.05) is 24.6 Å². The normalized spacial score (nSPS) is 13.6. The highest BCUT2D eigenvalue weighted by Gasteiger charge is 2.14. The van der Waals surface area contributed by atoms with E-state index in [4.69, 9.17) is 10.7 Å². The maximum absolute atomic E-state index is 13.8. The first kappa shape index (κ1) is 26.1. The highest BCUT2D eigenvalue weighted by molar-refractivity contribution is 5.89. The summed E-state index contributed by atoms with van der Waals surface area (Å²) < 4.78 is 13.8. The highest BCUT2D eigenvalue weighted by Crippen LogP contribution is 2.29. The molecule has 6 rings (SSSR count). The maximum Gasteiger partial charge on any atom is 0.178 e. The summed E-state index contributed by atoms with van der Waals surface area (Å²) in [6.07, 6.45) is 18.0. The summed E-state index contributed by atoms with van der Waals surface area (Å²) in [5.74, 6) is 0.480. The van der Waals surface area contributed by atoms with E-state index in [9.17, 15) is 4.39 Å². The van der Waals surface area contributed by atoms with Gasteiger partial charge in [-0.25, -0.2) is 14.4 Å². The van der Waals surface area contributed by atoms with Gasteiger partial charge in [-0.2, -0.15) is 0 Å². The Morgan fingerprint density at radius 3 is 2.59 bits per heavy atom. The number of aromatic nitrogens is 4. The molecule has 0 bridgehead atoms. The first-order valence-electron chi connectivity index (χ1n) is 13.1. The van der Waals surface area contributed by atoms with Gasteiger partial charge < -0.3 is 10.7 Å². The van der Waals surface area contributed by atoms with Crippen LogP contribution in [0.1, 0.15) is 36.2 Å². The molecule has 0 unspecified atom stereocenters. The van der Waals surface area contributed by atoms with Crippen molar-refractivity contribution >= 4 is 16.9 Å². The van der Waals surface area contributed by atoms with E-state index >= 15 is 0 Å². The van der Waals surface area contributed by atoms with Gasteiger partial charge in [-0.3, -0.25) is 9.88 Å². The molecule has 3 N–H and O–H groups in total. The zero-order valence-electron chi connectivity index (χ0n) is 21.8. The van der Waals surface area contributed by atoms with E-state index in [1.54, 1.807) is 12.3 Å². The van der Waals surface area contributed by atoms with E-state index in [2.05, 4.69) is 44.8 Å². The van der Waals surface area contributed by atoms with Gasteiger partial charge in [0.1, 0.15) is 11.6 Å². The van der Waals surface area contributed by atoms with Crippen LogP contribution >= 0.6 is 0 Å². The number of imidazole rings is 1. The highest BCUT2D eigenvalue weighted by atomic mass is 19.1. The first-order chi connectivity index (χ1) is 19.1. The van der Waals surface area contributed by atoms with Crippen molar-refractivity contribution in [3.63, 3.8) is 0 Å². The number of hydrogen-bond donors (Lipinski definition) is 2. The number of anilines is 1. The van der Waals surface area contributed by atoms with E-state index in [0.29, 0.717) is 17.8 Å². The summed E-state index contributed by atoms with van der Waals surface area (Å²) in [5, 5.41) is 0. The number of hydrogen-bond acceptors (Lipinski definition) is 5. The molecule has 1 aliphatic rings. The van der Waals surface area contributed by atoms with Crippen LogP contribution in [0.3, 0.4) is 0 Å². The third-order valence-electron chi connectivity index (χ3n) is 7.06. The predicted molar refractivity (Wildman–Crippen MR) is 155 cm³/mol. The number of nitrogen functional groups attached to an aromatic ring is 1. The maximum atomic E-state index is 13.8. The van der Waals surface area contributed by atoms with Crippen LogP contribution in [0.25, 0.3) is 33.4 Å². The standard InChI is InChI=1S/C30H29FN6.C2H2/c31-25-6-4-5-22(15-25)26-9-10-34-30-29(26)35-28(36-30)16-23-14-21(7-8-27(23)32)24-13-20(17-33-18-24)19-37-11-2-1-3-12-37;1-2/h4-10,13-15,17-18H,1-3,11-12,16,19,32H2,(H,34,35,36);1-2H. The third-order valence-corrected chi connectivity index (χ3v) is 7.06. The van der Waals surface area contributed by atoms with Gasteiger partial charge in [-0.15, -0.1) is 12.8 Å². The third kappa shape index (κ3) is 5.97. The van der Waals surface area contributed by atoms with E-state index in [0.717, 1.165) is 58.8 Å². The molecular formula is C32H31FN6. The molecule has 0 saturated carbocycles. The van der Waals surface area contributed by atoms with Gasteiger partial charge in [0.15, 0.2) is 5.65 Å². The Balaban J connectivity index is 0.00000151. The summed E-state index contributed by atoms with van der Waals surface area (Å²) in [6, 6.07) is 16.8. The molecule has 1 fully saturated rings. The zero-order valence-corrected chi connectivity index (χ0v) is 21.8. The van der Waals surface area contributed by atoms with Gasteiger partial charge in [0, 0.05) is 48.4 Å². The summed E-state index contributed by atoms with van der Waals surface area (Å²) >= 11 is 0. The smallest absolute Gasteiger partial charge is 0.178 e. The van der Waals surface area contributed by atoms with E-state index in [-0.39, 0.29) is 5.82 Å². The van der Waals surface area contributed by atoms with Gasteiger partial charge in [0.25, 0.3) is 0 Å². The largest absolute Gasteiger partial charge is 0.398 e. The van der Waals surface area contributed by atoms with Gasteiger partial charge >= 0.3 is 0 Å². The fourth-order valence-electron chi connectivity index (χ4n) is 5.17. The Morgan fingerprint density at radius 2 is 1.77 bits per heavy atom. The van der Waals surface area contributed by atoms with E-state index < -0.39 is 0 Å². The summed E-state index contributed by atoms with van der Waals surface area (Å²) in [6.45, 7) is 3.25. The molecule has 7 heteroatoms. The molecule has 3 aromatic heterocycles. The number of piperidine rings is 1. The minimum atomic E-state index is -0.277. The van der Waals surface area contributed by atoms with E-state index in [1.165, 1.54) is 37.0 Å². The lowest BCUT2D eigenvalue weighted by Gasteiger charge is -2.26. The Hall–Kier alpha value is -4.54. The second-order valence-electron chi connectivity index (χ2n) is 9.76. The number of fused-ring (bicyclic) bond motifs is 1. The molecule has 4 heterocycles. The van der Waals surface area contributed by atoms with Crippen LogP contribution in [0.15, 0.2) is 73.2 Å². The van der Waals surface area contributed by atoms with Crippen molar-refractivity contribution in [1.29, 1.82) is 0 Å². The van der Waals surface area contributed by atoms with Crippen LogP contribution in [-0.2, 0) is 13.0 Å². The van der Waals surface area contributed by atoms with Crippen LogP contribution in [0, 0.1) is 18.7 Å². The molecule has 5 aromatic rings. The molecule has 196 valence electrons. The Labute approximate surface area is 228 Å². The second-order valence-corrected chi connectivity index (χ2v) is 9.76. The molecule has 0 atom stereocenters. The van der Waals surface area contributed by atoms with Crippen molar-refractivity contribution in [3.05, 3.63) is 96.0 Å². The monoisotopic (exact) mass is 518 g/mol. The second kappa shape index (κ2) is 11.9. The number of pyridine rings is 2. The van der Waals surface area contributed by atoms with Crippen LogP contribution in [0.5, 0.6) is 0 Å². The fraction of sp³-hybridized carbons (Fsp3) is 0.219. The molecule has 0 radical (unpaired) electrons. The Bertz CT molecular complexity index is 1600. The van der Waals surface area contributed by atoms with Crippen LogP contribution < -0.4 is 5.73 Å². The summed E-state index contributed by atoms with van der Waals surface area (Å²) in [5.41, 5.74) is 14.5. The number of halogens is 1. The number of likely N-dealkylation sites (tertiary alicyclic amines) is 1. The van der Waals surface area contributed by atoms with Gasteiger partial charge in [0.05, 0.1) is 5.52 Å². The lowest BCUT2D eigenvalue weighted by Crippen LogP contribution is -2.29. The van der Waals surface area contributed by atoms with Gasteiger partial charge in [0.2, 0.25) is 0 Å². The molecule has 1 saturated heterocycles. The lowest BCUT2D eigenvalue weighted by molar-refractivity contribution is 0.220. The molecule has 2 aromatic carbocycles. The van der Waals surface area contributed by atoms with Crippen LogP contribution in [-0.4, -0.2) is 37.9 Å². The van der Waals surface area contributed by atoms with Crippen molar-refractivity contribution in [2.24, 2.45) is 0 Å². The lowest BCUT2D eigenvalue weighted by atomic mass is 10.00. The fourth-order valence-corrected chi connectivity index (χ4v) is 5.17. The van der Waals surface area contributed by atoms with Crippen LogP contribution in [0.2, 0.25) is 0 Å². The molecule has 0 spiro atoms. The number of terminal acetylenes is 1. The number of nitrogens with one attached hydrogen (secondary N) is 1. The Morgan fingerprint density at radius 1 is 0.923 bits per heavy atom.